The smallest absolute Gasteiger partial charge is 0.365 e. The Morgan fingerprint density at radius 1 is 1.12 bits per heavy atom. The van der Waals surface area contributed by atoms with Crippen molar-refractivity contribution in [2.75, 3.05) is 5.32 Å². The Labute approximate surface area is 241 Å². The Morgan fingerprint density at radius 3 is 2.48 bits per heavy atom. The van der Waals surface area contributed by atoms with Gasteiger partial charge in [0.15, 0.2) is 17.0 Å². The maximum Gasteiger partial charge on any atom is 0.433 e. The second-order valence-electron chi connectivity index (χ2n) is 10.8. The van der Waals surface area contributed by atoms with Crippen molar-refractivity contribution in [3.05, 3.63) is 67.8 Å². The number of carbonyl (C=O) groups excluding carboxylic acids is 2. The topological polar surface area (TPSA) is 102 Å². The molecule has 5 rings (SSSR count). The molecule has 0 fully saturated rings. The molecule has 1 atom stereocenters. The zero-order chi connectivity index (χ0) is 29.1. The van der Waals surface area contributed by atoms with Gasteiger partial charge < -0.3 is 11.1 Å². The molecule has 2 amide bonds. The molecule has 1 aliphatic rings. The average Bonchev–Trinajstić information content (AvgIpc) is 3.44. The molecule has 210 valence electrons. The number of fused-ring (bicyclic) bond motifs is 2. The number of benzene rings is 1. The van der Waals surface area contributed by atoms with E-state index in [1.807, 2.05) is 0 Å². The molecule has 3 heterocycles. The minimum Gasteiger partial charge on any atom is -0.365 e. The maximum atomic E-state index is 14.0. The Hall–Kier alpha value is -3.15. The summed E-state index contributed by atoms with van der Waals surface area (Å²) in [7, 11) is 0. The average molecular weight is 610 g/mol. The number of nitrogens with two attached hydrogens (primary N) is 1. The van der Waals surface area contributed by atoms with Gasteiger partial charge in [-0.1, -0.05) is 50.0 Å². The Bertz CT molecular complexity index is 1670. The van der Waals surface area contributed by atoms with Gasteiger partial charge in [0.1, 0.15) is 5.00 Å². The first-order valence-electron chi connectivity index (χ1n) is 12.3. The number of hydrogen-bond acceptors (Lipinski definition) is 5. The highest BCUT2D eigenvalue weighted by Crippen LogP contribution is 2.44. The SMILES string of the molecule is CC(C)(C)[C@H]1CCc2c(sc(NC(=O)c3cc4nc(-c5ccc(Cl)c(Cl)c5)cc(C(F)(F)F)n4n3)c2C(N)=O)C1. The zero-order valence-electron chi connectivity index (χ0n) is 21.6. The number of aromatic nitrogens is 3. The highest BCUT2D eigenvalue weighted by Gasteiger charge is 2.36. The van der Waals surface area contributed by atoms with E-state index in [0.29, 0.717) is 22.4 Å². The number of nitrogens with zero attached hydrogens (tertiary/aromatic N) is 3. The van der Waals surface area contributed by atoms with E-state index in [1.165, 1.54) is 29.5 Å². The van der Waals surface area contributed by atoms with Gasteiger partial charge in [0.2, 0.25) is 0 Å². The number of halogens is 5. The van der Waals surface area contributed by atoms with Crippen LogP contribution in [0.5, 0.6) is 0 Å². The molecule has 3 aromatic heterocycles. The zero-order valence-corrected chi connectivity index (χ0v) is 23.9. The van der Waals surface area contributed by atoms with Crippen LogP contribution in [0.4, 0.5) is 18.2 Å². The number of primary amides is 1. The number of nitrogens with one attached hydrogen (secondary N) is 1. The van der Waals surface area contributed by atoms with Crippen LogP contribution in [0.1, 0.15) is 64.2 Å². The Morgan fingerprint density at radius 2 is 1.85 bits per heavy atom. The minimum absolute atomic E-state index is 0.0272. The van der Waals surface area contributed by atoms with Gasteiger partial charge in [-0.25, -0.2) is 9.50 Å². The first kappa shape index (κ1) is 28.4. The molecule has 1 aromatic carbocycles. The fraction of sp³-hybridized carbons (Fsp3) is 0.333. The van der Waals surface area contributed by atoms with Gasteiger partial charge in [0.05, 0.1) is 21.3 Å². The quantitative estimate of drug-likeness (QED) is 0.254. The van der Waals surface area contributed by atoms with Crippen molar-refractivity contribution in [3.8, 4) is 11.3 Å². The minimum atomic E-state index is -4.80. The van der Waals surface area contributed by atoms with Gasteiger partial charge in [-0.15, -0.1) is 11.3 Å². The van der Waals surface area contributed by atoms with Gasteiger partial charge in [-0.2, -0.15) is 18.3 Å². The van der Waals surface area contributed by atoms with E-state index >= 15 is 0 Å². The summed E-state index contributed by atoms with van der Waals surface area (Å²) in [5.74, 6) is -1.08. The summed E-state index contributed by atoms with van der Waals surface area (Å²) < 4.78 is 42.6. The van der Waals surface area contributed by atoms with Crippen LogP contribution in [0, 0.1) is 11.3 Å². The lowest BCUT2D eigenvalue weighted by Crippen LogP contribution is -2.27. The summed E-state index contributed by atoms with van der Waals surface area (Å²) in [5, 5.41) is 7.22. The molecule has 0 spiro atoms. The van der Waals surface area contributed by atoms with E-state index in [-0.39, 0.29) is 43.1 Å². The van der Waals surface area contributed by atoms with Gasteiger partial charge in [-0.3, -0.25) is 9.59 Å². The number of anilines is 1. The number of thiophene rings is 1. The molecule has 0 unspecified atom stereocenters. The number of rotatable bonds is 4. The van der Waals surface area contributed by atoms with Crippen molar-refractivity contribution in [3.63, 3.8) is 0 Å². The van der Waals surface area contributed by atoms with Crippen LogP contribution >= 0.6 is 34.5 Å². The van der Waals surface area contributed by atoms with Crippen molar-refractivity contribution >= 4 is 57.0 Å². The third kappa shape index (κ3) is 5.29. The van der Waals surface area contributed by atoms with Crippen LogP contribution in [0.15, 0.2) is 30.3 Å². The number of carbonyl (C=O) groups is 2. The standard InChI is InChI=1S/C27H24Cl2F3N5O2S/c1-26(2,3)13-5-6-14-19(9-13)40-25(22(14)23(33)38)35-24(39)18-11-21-34-17(12-4-7-15(28)16(29)8-12)10-20(27(30,31)32)37(21)36-18/h4,7-8,10-11,13H,5-6,9H2,1-3H3,(H2,33,38)(H,35,39)/t13-/m0/s1. The molecule has 7 nitrogen and oxygen atoms in total. The van der Waals surface area contributed by atoms with Crippen LogP contribution < -0.4 is 11.1 Å². The number of alkyl halides is 3. The monoisotopic (exact) mass is 609 g/mol. The summed E-state index contributed by atoms with van der Waals surface area (Å²) in [4.78, 5) is 30.8. The number of hydrogen-bond donors (Lipinski definition) is 2. The Balaban J connectivity index is 1.53. The summed E-state index contributed by atoms with van der Waals surface area (Å²) in [6, 6.07) is 6.32. The van der Waals surface area contributed by atoms with E-state index < -0.39 is 23.7 Å². The van der Waals surface area contributed by atoms with Gasteiger partial charge in [-0.05, 0) is 54.4 Å². The summed E-state index contributed by atoms with van der Waals surface area (Å²) in [5.41, 5.74) is 5.44. The first-order valence-corrected chi connectivity index (χ1v) is 13.9. The molecule has 0 saturated carbocycles. The van der Waals surface area contributed by atoms with Gasteiger partial charge in [0.25, 0.3) is 11.8 Å². The summed E-state index contributed by atoms with van der Waals surface area (Å²) in [6.45, 7) is 6.48. The molecule has 0 saturated heterocycles. The van der Waals surface area contributed by atoms with Crippen LogP contribution in [0.25, 0.3) is 16.9 Å². The van der Waals surface area contributed by atoms with E-state index in [1.54, 1.807) is 0 Å². The Kier molecular flexibility index (Phi) is 7.12. The van der Waals surface area contributed by atoms with Crippen LogP contribution in [0.3, 0.4) is 0 Å². The second-order valence-corrected chi connectivity index (χ2v) is 12.7. The molecule has 3 N–H and O–H groups in total. The van der Waals surface area contributed by atoms with Crippen molar-refractivity contribution in [2.24, 2.45) is 17.1 Å². The summed E-state index contributed by atoms with van der Waals surface area (Å²) >= 11 is 13.3. The molecule has 13 heteroatoms. The largest absolute Gasteiger partial charge is 0.433 e. The maximum absolute atomic E-state index is 14.0. The predicted octanol–water partition coefficient (Wildman–Crippen LogP) is 7.29. The molecule has 0 radical (unpaired) electrons. The lowest BCUT2D eigenvalue weighted by Gasteiger charge is -2.33. The van der Waals surface area contributed by atoms with Crippen molar-refractivity contribution in [2.45, 2.75) is 46.2 Å². The van der Waals surface area contributed by atoms with Crippen molar-refractivity contribution in [1.29, 1.82) is 0 Å². The summed E-state index contributed by atoms with van der Waals surface area (Å²) in [6.07, 6.45) is -2.54. The first-order chi connectivity index (χ1) is 18.6. The molecule has 0 bridgehead atoms. The molecule has 40 heavy (non-hydrogen) atoms. The lowest BCUT2D eigenvalue weighted by atomic mass is 9.72. The van der Waals surface area contributed by atoms with E-state index in [0.717, 1.165) is 35.4 Å². The molecule has 4 aromatic rings. The third-order valence-corrected chi connectivity index (χ3v) is 9.04. The molecule has 1 aliphatic carbocycles. The fourth-order valence-corrected chi connectivity index (χ4v) is 6.56. The normalized spacial score (nSPS) is 15.8. The second kappa shape index (κ2) is 10.0. The van der Waals surface area contributed by atoms with Crippen molar-refractivity contribution in [1.82, 2.24) is 14.6 Å². The van der Waals surface area contributed by atoms with Gasteiger partial charge in [0, 0.05) is 16.5 Å². The lowest BCUT2D eigenvalue weighted by molar-refractivity contribution is -0.142. The van der Waals surface area contributed by atoms with Gasteiger partial charge >= 0.3 is 6.18 Å². The fourth-order valence-electron chi connectivity index (χ4n) is 4.93. The highest BCUT2D eigenvalue weighted by atomic mass is 35.5. The van der Waals surface area contributed by atoms with Crippen LogP contribution in [-0.4, -0.2) is 26.4 Å². The highest BCUT2D eigenvalue weighted by molar-refractivity contribution is 7.17. The van der Waals surface area contributed by atoms with E-state index in [2.05, 4.69) is 36.2 Å². The molecular weight excluding hydrogens is 586 g/mol. The van der Waals surface area contributed by atoms with E-state index in [4.69, 9.17) is 28.9 Å². The van der Waals surface area contributed by atoms with Crippen molar-refractivity contribution < 1.29 is 22.8 Å². The third-order valence-electron chi connectivity index (χ3n) is 7.13. The molecule has 0 aliphatic heterocycles. The number of amides is 2. The molecular formula is C27H24Cl2F3N5O2S. The van der Waals surface area contributed by atoms with Crippen LogP contribution in [-0.2, 0) is 19.0 Å². The predicted molar refractivity (Wildman–Crippen MR) is 149 cm³/mol. The van der Waals surface area contributed by atoms with Crippen LogP contribution in [0.2, 0.25) is 10.0 Å². The van der Waals surface area contributed by atoms with E-state index in [9.17, 15) is 22.8 Å².